The van der Waals surface area contributed by atoms with Gasteiger partial charge in [-0.25, -0.2) is 0 Å². The number of furan rings is 1. The predicted octanol–water partition coefficient (Wildman–Crippen LogP) is 13.9. The Morgan fingerprint density at radius 1 is 0.408 bits per heavy atom. The summed E-state index contributed by atoms with van der Waals surface area (Å²) in [5.41, 5.74) is 9.94. The Morgan fingerprint density at radius 3 is 1.96 bits per heavy atom. The maximum atomic E-state index is 6.25. The van der Waals surface area contributed by atoms with E-state index in [0.717, 1.165) is 39.0 Å². The molecule has 49 heavy (non-hydrogen) atoms. The van der Waals surface area contributed by atoms with E-state index in [4.69, 9.17) is 4.42 Å². The molecular weight excluding hydrogens is 615 g/mol. The number of anilines is 3. The molecule has 0 atom stereocenters. The van der Waals surface area contributed by atoms with Gasteiger partial charge in [-0.15, -0.1) is 11.3 Å². The molecule has 8 aromatic carbocycles. The van der Waals surface area contributed by atoms with Gasteiger partial charge in [0.25, 0.3) is 0 Å². The van der Waals surface area contributed by atoms with Gasteiger partial charge in [0.05, 0.1) is 5.69 Å². The lowest BCUT2D eigenvalue weighted by Gasteiger charge is -2.28. The third-order valence-electron chi connectivity index (χ3n) is 9.68. The highest BCUT2D eigenvalue weighted by atomic mass is 32.1. The number of nitrogens with zero attached hydrogens (tertiary/aromatic N) is 1. The summed E-state index contributed by atoms with van der Waals surface area (Å²) in [7, 11) is 0. The zero-order valence-corrected chi connectivity index (χ0v) is 27.3. The molecule has 10 rings (SSSR count). The van der Waals surface area contributed by atoms with E-state index < -0.39 is 0 Å². The zero-order chi connectivity index (χ0) is 32.3. The van der Waals surface area contributed by atoms with E-state index in [0.29, 0.717) is 0 Å². The second kappa shape index (κ2) is 11.2. The van der Waals surface area contributed by atoms with Crippen molar-refractivity contribution in [3.8, 4) is 22.3 Å². The topological polar surface area (TPSA) is 16.4 Å². The Hall–Kier alpha value is -6.16. The number of benzene rings is 8. The SMILES string of the molecule is c1ccc(N(c2ccc(-c3cccc4ccccc34)cc2)c2ccc3oc4ccccc4c3c2)c(-c2cccc3c2sc2ccccc23)c1. The molecule has 230 valence electrons. The van der Waals surface area contributed by atoms with Gasteiger partial charge in [-0.2, -0.15) is 0 Å². The van der Waals surface area contributed by atoms with Gasteiger partial charge in [0, 0.05) is 53.4 Å². The average Bonchev–Trinajstić information content (AvgIpc) is 3.74. The monoisotopic (exact) mass is 643 g/mol. The minimum absolute atomic E-state index is 0.888. The van der Waals surface area contributed by atoms with Gasteiger partial charge >= 0.3 is 0 Å². The minimum Gasteiger partial charge on any atom is -0.456 e. The first kappa shape index (κ1) is 27.9. The molecule has 0 amide bonds. The Morgan fingerprint density at radius 2 is 1.04 bits per heavy atom. The van der Waals surface area contributed by atoms with Crippen molar-refractivity contribution in [2.45, 2.75) is 0 Å². The third kappa shape index (κ3) is 4.55. The van der Waals surface area contributed by atoms with Crippen LogP contribution in [0.5, 0.6) is 0 Å². The molecule has 0 fully saturated rings. The fourth-order valence-corrected chi connectivity index (χ4v) is 8.63. The van der Waals surface area contributed by atoms with Gasteiger partial charge in [0.15, 0.2) is 0 Å². The van der Waals surface area contributed by atoms with E-state index in [2.05, 4.69) is 169 Å². The molecule has 0 N–H and O–H groups in total. The molecule has 2 nitrogen and oxygen atoms in total. The Kier molecular flexibility index (Phi) is 6.39. The molecule has 0 saturated heterocycles. The van der Waals surface area contributed by atoms with Gasteiger partial charge in [0.1, 0.15) is 11.2 Å². The van der Waals surface area contributed by atoms with Crippen molar-refractivity contribution in [2.75, 3.05) is 4.90 Å². The molecule has 0 radical (unpaired) electrons. The maximum absolute atomic E-state index is 6.25. The maximum Gasteiger partial charge on any atom is 0.135 e. The van der Waals surface area contributed by atoms with Crippen molar-refractivity contribution < 1.29 is 4.42 Å². The highest BCUT2D eigenvalue weighted by Crippen LogP contribution is 2.47. The molecule has 0 aliphatic carbocycles. The molecular formula is C46H29NOS. The average molecular weight is 644 g/mol. The molecule has 0 bridgehead atoms. The molecule has 0 unspecified atom stereocenters. The second-order valence-electron chi connectivity index (χ2n) is 12.5. The Balaban J connectivity index is 1.19. The van der Waals surface area contributed by atoms with E-state index in [1.165, 1.54) is 53.2 Å². The molecule has 2 heterocycles. The third-order valence-corrected chi connectivity index (χ3v) is 10.9. The number of para-hydroxylation sites is 2. The van der Waals surface area contributed by atoms with Crippen molar-refractivity contribution in [1.29, 1.82) is 0 Å². The van der Waals surface area contributed by atoms with Gasteiger partial charge in [0.2, 0.25) is 0 Å². The summed E-state index contributed by atoms with van der Waals surface area (Å²) in [6.07, 6.45) is 0. The molecule has 10 aromatic rings. The van der Waals surface area contributed by atoms with Gasteiger partial charge < -0.3 is 9.32 Å². The fourth-order valence-electron chi connectivity index (χ4n) is 7.40. The molecule has 2 aromatic heterocycles. The van der Waals surface area contributed by atoms with Crippen LogP contribution in [0.2, 0.25) is 0 Å². The number of rotatable bonds is 5. The second-order valence-corrected chi connectivity index (χ2v) is 13.5. The first-order chi connectivity index (χ1) is 24.3. The summed E-state index contributed by atoms with van der Waals surface area (Å²) >= 11 is 1.87. The number of thiophene rings is 1. The van der Waals surface area contributed by atoms with Crippen LogP contribution in [0.25, 0.3) is 75.1 Å². The summed E-state index contributed by atoms with van der Waals surface area (Å²) in [6, 6.07) is 63.3. The number of hydrogen-bond acceptors (Lipinski definition) is 3. The first-order valence-electron chi connectivity index (χ1n) is 16.6. The van der Waals surface area contributed by atoms with E-state index >= 15 is 0 Å². The largest absolute Gasteiger partial charge is 0.456 e. The van der Waals surface area contributed by atoms with Crippen molar-refractivity contribution in [2.24, 2.45) is 0 Å². The van der Waals surface area contributed by atoms with Gasteiger partial charge in [-0.3, -0.25) is 0 Å². The minimum atomic E-state index is 0.888. The van der Waals surface area contributed by atoms with Crippen LogP contribution in [-0.4, -0.2) is 0 Å². The Labute approximate surface area is 287 Å². The lowest BCUT2D eigenvalue weighted by Crippen LogP contribution is -2.11. The summed E-state index contributed by atoms with van der Waals surface area (Å²) in [5, 5.41) is 7.33. The summed E-state index contributed by atoms with van der Waals surface area (Å²) < 4.78 is 8.86. The summed E-state index contributed by atoms with van der Waals surface area (Å²) in [6.45, 7) is 0. The molecule has 0 saturated carbocycles. The van der Waals surface area contributed by atoms with Crippen LogP contribution >= 0.6 is 11.3 Å². The van der Waals surface area contributed by atoms with Gasteiger partial charge in [-0.05, 0) is 70.4 Å². The predicted molar refractivity (Wildman–Crippen MR) is 210 cm³/mol. The van der Waals surface area contributed by atoms with Crippen molar-refractivity contribution in [1.82, 2.24) is 0 Å². The molecule has 0 aliphatic rings. The van der Waals surface area contributed by atoms with Crippen molar-refractivity contribution >= 4 is 81.3 Å². The summed E-state index contributed by atoms with van der Waals surface area (Å²) in [4.78, 5) is 2.40. The molecule has 0 spiro atoms. The van der Waals surface area contributed by atoms with E-state index in [1.54, 1.807) is 0 Å². The van der Waals surface area contributed by atoms with Gasteiger partial charge in [-0.1, -0.05) is 127 Å². The number of hydrogen-bond donors (Lipinski definition) is 0. The highest BCUT2D eigenvalue weighted by Gasteiger charge is 2.21. The van der Waals surface area contributed by atoms with E-state index in [9.17, 15) is 0 Å². The summed E-state index contributed by atoms with van der Waals surface area (Å²) in [5.74, 6) is 0. The molecule has 3 heteroatoms. The van der Waals surface area contributed by atoms with Crippen LogP contribution in [0.4, 0.5) is 17.1 Å². The number of fused-ring (bicyclic) bond motifs is 7. The van der Waals surface area contributed by atoms with E-state index in [-0.39, 0.29) is 0 Å². The van der Waals surface area contributed by atoms with Crippen LogP contribution in [-0.2, 0) is 0 Å². The highest BCUT2D eigenvalue weighted by molar-refractivity contribution is 7.26. The lowest BCUT2D eigenvalue weighted by atomic mass is 9.97. The van der Waals surface area contributed by atoms with Crippen LogP contribution in [0.15, 0.2) is 180 Å². The van der Waals surface area contributed by atoms with Crippen LogP contribution in [0, 0.1) is 0 Å². The van der Waals surface area contributed by atoms with E-state index in [1.807, 2.05) is 23.5 Å². The van der Waals surface area contributed by atoms with Crippen molar-refractivity contribution in [3.63, 3.8) is 0 Å². The Bertz CT molecular complexity index is 2840. The quantitative estimate of drug-likeness (QED) is 0.186. The lowest BCUT2D eigenvalue weighted by molar-refractivity contribution is 0.669. The molecule has 0 aliphatic heterocycles. The van der Waals surface area contributed by atoms with Crippen LogP contribution < -0.4 is 4.90 Å². The van der Waals surface area contributed by atoms with Crippen LogP contribution in [0.1, 0.15) is 0 Å². The van der Waals surface area contributed by atoms with Crippen molar-refractivity contribution in [3.05, 3.63) is 176 Å². The first-order valence-corrected chi connectivity index (χ1v) is 17.4. The van der Waals surface area contributed by atoms with Crippen LogP contribution in [0.3, 0.4) is 0 Å². The zero-order valence-electron chi connectivity index (χ0n) is 26.5. The normalized spacial score (nSPS) is 11.7. The fraction of sp³-hybridized carbons (Fsp3) is 0. The smallest absolute Gasteiger partial charge is 0.135 e. The standard InChI is InChI=1S/C46H29NOS/c1-2-13-34-30(11-1)12-9-17-35(34)31-23-25-32(26-24-31)47(33-27-28-44-41(29-33)37-15-4-7-21-43(37)48-44)42-20-6-3-14-36(42)39-18-10-19-40-38-16-5-8-22-45(38)49-46(39)40/h1-29H.